The predicted octanol–water partition coefficient (Wildman–Crippen LogP) is 4.94. The summed E-state index contributed by atoms with van der Waals surface area (Å²) in [6.07, 6.45) is 9.82. The summed E-state index contributed by atoms with van der Waals surface area (Å²) in [5.74, 6) is -0.00187. The first-order valence-corrected chi connectivity index (χ1v) is 18.0. The van der Waals surface area contributed by atoms with Gasteiger partial charge in [-0.3, -0.25) is 15.0 Å². The van der Waals surface area contributed by atoms with E-state index >= 15 is 0 Å². The second-order valence-electron chi connectivity index (χ2n) is 15.3. The van der Waals surface area contributed by atoms with Crippen LogP contribution in [0.15, 0.2) is 30.3 Å². The van der Waals surface area contributed by atoms with E-state index in [-0.39, 0.29) is 41.7 Å². The van der Waals surface area contributed by atoms with Crippen molar-refractivity contribution in [1.29, 1.82) is 5.41 Å². The molecule has 266 valence electrons. The number of carbonyl (C=O) groups excluding carboxylic acids is 2. The third-order valence-electron chi connectivity index (χ3n) is 10.9. The Hall–Kier alpha value is -3.19. The quantitative estimate of drug-likeness (QED) is 0.0345. The maximum absolute atomic E-state index is 13.8. The van der Waals surface area contributed by atoms with Crippen molar-refractivity contribution in [2.75, 3.05) is 6.54 Å². The smallest absolute Gasteiger partial charge is 0.404 e. The largest absolute Gasteiger partial charge is 0.481 e. The zero-order valence-corrected chi connectivity index (χ0v) is 29.5. The van der Waals surface area contributed by atoms with E-state index in [1.54, 1.807) is 5.43 Å². The van der Waals surface area contributed by atoms with Crippen LogP contribution in [0.25, 0.3) is 0 Å². The fourth-order valence-electron chi connectivity index (χ4n) is 8.08. The van der Waals surface area contributed by atoms with Gasteiger partial charge in [0.05, 0.1) is 17.6 Å². The molecule has 0 unspecified atom stereocenters. The van der Waals surface area contributed by atoms with Gasteiger partial charge in [-0.2, -0.15) is 0 Å². The summed E-state index contributed by atoms with van der Waals surface area (Å²) in [6.45, 7) is 11.2. The first kappa shape index (κ1) is 37.6. The van der Waals surface area contributed by atoms with E-state index < -0.39 is 29.8 Å². The van der Waals surface area contributed by atoms with Gasteiger partial charge in [-0.15, -0.1) is 0 Å². The third kappa shape index (κ3) is 9.93. The monoisotopic (exact) mass is 668 g/mol. The molecule has 12 nitrogen and oxygen atoms in total. The Bertz CT molecular complexity index is 1250. The van der Waals surface area contributed by atoms with Crippen molar-refractivity contribution in [3.63, 3.8) is 0 Å². The van der Waals surface area contributed by atoms with Gasteiger partial charge in [-0.1, -0.05) is 82.7 Å². The molecule has 1 saturated heterocycles. The van der Waals surface area contributed by atoms with E-state index in [1.165, 1.54) is 5.56 Å². The highest BCUT2D eigenvalue weighted by atomic mass is 16.7. The molecule has 0 spiro atoms. The molecule has 4 fully saturated rings. The van der Waals surface area contributed by atoms with Gasteiger partial charge in [0.25, 0.3) is 5.96 Å². The summed E-state index contributed by atoms with van der Waals surface area (Å²) in [5.41, 5.74) is 2.92. The first-order valence-electron chi connectivity index (χ1n) is 18.0. The van der Waals surface area contributed by atoms with Crippen LogP contribution in [0.5, 0.6) is 0 Å². The molecular formula is C35H57BN6O6. The normalized spacial score (nSPS) is 25.0. The van der Waals surface area contributed by atoms with Crippen molar-refractivity contribution < 1.29 is 23.9 Å². The second kappa shape index (κ2) is 17.0. The summed E-state index contributed by atoms with van der Waals surface area (Å²) in [5, 5.41) is 26.2. The average Bonchev–Trinajstić information content (AvgIpc) is 3.39. The number of nitrogens with zero attached hydrogens (tertiary/aromatic N) is 1. The molecule has 5 rings (SSSR count). The number of benzene rings is 1. The Kier molecular flexibility index (Phi) is 13.3. The molecule has 3 aliphatic carbocycles. The summed E-state index contributed by atoms with van der Waals surface area (Å²) in [4.78, 5) is 37.5. The number of hydrogen-bond acceptors (Lipinski definition) is 7. The van der Waals surface area contributed by atoms with Gasteiger partial charge >= 0.3 is 7.12 Å². The lowest BCUT2D eigenvalue weighted by Crippen LogP contribution is -2.65. The summed E-state index contributed by atoms with van der Waals surface area (Å²) < 4.78 is 13.3. The summed E-state index contributed by atoms with van der Waals surface area (Å²) in [7, 11) is -0.574. The topological polar surface area (TPSA) is 168 Å². The minimum absolute atomic E-state index is 0.00570. The van der Waals surface area contributed by atoms with Gasteiger partial charge in [-0.05, 0) is 87.0 Å². The molecule has 13 heteroatoms. The van der Waals surface area contributed by atoms with Crippen LogP contribution in [0, 0.1) is 38.7 Å². The highest BCUT2D eigenvalue weighted by Gasteiger charge is 2.68. The van der Waals surface area contributed by atoms with E-state index in [0.717, 1.165) is 51.4 Å². The van der Waals surface area contributed by atoms with Crippen LogP contribution in [0.3, 0.4) is 0 Å². The maximum atomic E-state index is 13.8. The molecule has 3 saturated carbocycles. The minimum atomic E-state index is -0.807. The van der Waals surface area contributed by atoms with Gasteiger partial charge in [-0.25, -0.2) is 10.1 Å². The molecule has 0 radical (unpaired) electrons. The molecule has 2 bridgehead atoms. The van der Waals surface area contributed by atoms with Gasteiger partial charge < -0.3 is 25.3 Å². The molecule has 4 aliphatic rings. The van der Waals surface area contributed by atoms with Crippen LogP contribution in [0.1, 0.15) is 111 Å². The lowest BCUT2D eigenvalue weighted by Gasteiger charge is -2.64. The van der Waals surface area contributed by atoms with Crippen molar-refractivity contribution in [3.05, 3.63) is 46.0 Å². The summed E-state index contributed by atoms with van der Waals surface area (Å²) >= 11 is 0. The molecule has 2 amide bonds. The third-order valence-corrected chi connectivity index (χ3v) is 10.9. The van der Waals surface area contributed by atoms with E-state index in [1.807, 2.05) is 6.07 Å². The zero-order valence-electron chi connectivity index (χ0n) is 29.5. The molecular weight excluding hydrogens is 611 g/mol. The van der Waals surface area contributed by atoms with Gasteiger partial charge in [0.2, 0.25) is 11.8 Å². The molecule has 5 N–H and O–H groups in total. The highest BCUT2D eigenvalue weighted by Crippen LogP contribution is 2.65. The van der Waals surface area contributed by atoms with Gasteiger partial charge in [0.1, 0.15) is 6.04 Å². The molecule has 1 aromatic carbocycles. The lowest BCUT2D eigenvalue weighted by atomic mass is 9.43. The van der Waals surface area contributed by atoms with Crippen molar-refractivity contribution in [1.82, 2.24) is 21.4 Å². The van der Waals surface area contributed by atoms with E-state index in [2.05, 4.69) is 74.8 Å². The standard InChI is InChI=1S/C35H57BN6O6/c1-24(2)21-30(36-47-29-23-26-22-28(34(26,3)4)35(29,5)48-36)40-32(44)27(18-14-20-38-33(37)41-42(45)46)39-31(43)19-13-8-6-7-10-15-25-16-11-9-12-17-25/h9,11-12,16-17,24,26-30H,6-8,10,13-15,18-23H2,1-5H3,(H,39,43)(H,40,44)(H3,37,38,41)/t26-,27-,28-,29+,30-,35-/m0/s1. The van der Waals surface area contributed by atoms with Crippen LogP contribution in [0.4, 0.5) is 0 Å². The fourth-order valence-corrected chi connectivity index (χ4v) is 8.08. The van der Waals surface area contributed by atoms with Crippen LogP contribution in [0.2, 0.25) is 0 Å². The summed E-state index contributed by atoms with van der Waals surface area (Å²) in [6, 6.07) is 9.64. The number of amides is 2. The highest BCUT2D eigenvalue weighted by molar-refractivity contribution is 6.48. The van der Waals surface area contributed by atoms with E-state index in [9.17, 15) is 19.7 Å². The van der Waals surface area contributed by atoms with Crippen molar-refractivity contribution in [3.8, 4) is 0 Å². The Morgan fingerprint density at radius 2 is 1.75 bits per heavy atom. The number of hydrogen-bond donors (Lipinski definition) is 5. The van der Waals surface area contributed by atoms with Crippen molar-refractivity contribution >= 4 is 24.9 Å². The number of nitrogens with one attached hydrogen (secondary N) is 5. The van der Waals surface area contributed by atoms with Crippen LogP contribution in [-0.2, 0) is 25.3 Å². The average molecular weight is 669 g/mol. The predicted molar refractivity (Wildman–Crippen MR) is 186 cm³/mol. The number of carbonyl (C=O) groups is 2. The van der Waals surface area contributed by atoms with E-state index in [4.69, 9.17) is 14.7 Å². The molecule has 1 aliphatic heterocycles. The van der Waals surface area contributed by atoms with Crippen LogP contribution in [-0.4, -0.2) is 60.2 Å². The molecule has 6 atom stereocenters. The van der Waals surface area contributed by atoms with Crippen LogP contribution < -0.4 is 21.4 Å². The lowest BCUT2D eigenvalue weighted by molar-refractivity contribution is -0.525. The molecule has 1 aromatic rings. The van der Waals surface area contributed by atoms with Crippen molar-refractivity contribution in [2.45, 2.75) is 135 Å². The van der Waals surface area contributed by atoms with E-state index in [0.29, 0.717) is 37.5 Å². The Balaban J connectivity index is 1.30. The number of unbranched alkanes of at least 4 members (excludes halogenated alkanes) is 4. The van der Waals surface area contributed by atoms with Gasteiger partial charge in [0.15, 0.2) is 5.03 Å². The number of nitro groups is 1. The first-order chi connectivity index (χ1) is 22.8. The second-order valence-corrected chi connectivity index (χ2v) is 15.3. The maximum Gasteiger partial charge on any atom is 0.481 e. The number of guanidine groups is 1. The Morgan fingerprint density at radius 1 is 1.04 bits per heavy atom. The zero-order chi connectivity index (χ0) is 34.9. The number of hydrazine groups is 1. The number of aryl methyl sites for hydroxylation is 1. The van der Waals surface area contributed by atoms with Crippen LogP contribution >= 0.6 is 0 Å². The van der Waals surface area contributed by atoms with Crippen molar-refractivity contribution in [2.24, 2.45) is 23.2 Å². The number of rotatable bonds is 19. The molecule has 1 heterocycles. The SMILES string of the molecule is CC(C)C[C@H](NC(=O)[C@H](CCCNC(=N)N[N+](=O)[O-])NC(=O)CCCCCCCc1ccccc1)B1O[C@@H]2C[C@@H]3C[C@@H](C3(C)C)[C@]2(C)O1. The Morgan fingerprint density at radius 3 is 2.44 bits per heavy atom. The minimum Gasteiger partial charge on any atom is -0.404 e. The fraction of sp³-hybridized carbons (Fsp3) is 0.743. The Labute approximate surface area is 286 Å². The molecule has 0 aromatic heterocycles. The van der Waals surface area contributed by atoms with Gasteiger partial charge in [0, 0.05) is 13.0 Å². The molecule has 48 heavy (non-hydrogen) atoms.